The molecule has 0 aliphatic heterocycles. The van der Waals surface area contributed by atoms with Gasteiger partial charge in [0.25, 0.3) is 5.69 Å². The fourth-order valence-electron chi connectivity index (χ4n) is 1.93. The van der Waals surface area contributed by atoms with Crippen LogP contribution in [0.15, 0.2) is 42.5 Å². The summed E-state index contributed by atoms with van der Waals surface area (Å²) in [6.07, 6.45) is 0. The zero-order valence-electron chi connectivity index (χ0n) is 11.0. The van der Waals surface area contributed by atoms with Gasteiger partial charge in [-0.2, -0.15) is 5.26 Å². The Labute approximate surface area is 116 Å². The molecule has 0 saturated carbocycles. The molecule has 0 spiro atoms. The molecule has 5 nitrogen and oxygen atoms in total. The van der Waals surface area contributed by atoms with E-state index in [2.05, 4.69) is 5.32 Å². The Hall–Kier alpha value is -2.87. The van der Waals surface area contributed by atoms with Crippen LogP contribution in [0.2, 0.25) is 0 Å². The number of nitrogens with zero attached hydrogens (tertiary/aromatic N) is 2. The van der Waals surface area contributed by atoms with Crippen LogP contribution < -0.4 is 5.32 Å². The Morgan fingerprint density at radius 3 is 2.75 bits per heavy atom. The van der Waals surface area contributed by atoms with E-state index in [-0.39, 0.29) is 5.69 Å². The Morgan fingerprint density at radius 2 is 2.10 bits per heavy atom. The average Bonchev–Trinajstić information content (AvgIpc) is 2.44. The minimum Gasteiger partial charge on any atom is -0.375 e. The number of anilines is 1. The predicted molar refractivity (Wildman–Crippen MR) is 76.3 cm³/mol. The van der Waals surface area contributed by atoms with Crippen LogP contribution in [0.5, 0.6) is 0 Å². The minimum atomic E-state index is -0.459. The lowest BCUT2D eigenvalue weighted by atomic mass is 10.1. The van der Waals surface area contributed by atoms with Gasteiger partial charge in [0.05, 0.1) is 16.6 Å². The number of rotatable bonds is 4. The van der Waals surface area contributed by atoms with E-state index in [9.17, 15) is 10.1 Å². The van der Waals surface area contributed by atoms with E-state index in [1.165, 1.54) is 18.2 Å². The van der Waals surface area contributed by atoms with E-state index in [0.29, 0.717) is 17.8 Å². The second kappa shape index (κ2) is 5.85. The summed E-state index contributed by atoms with van der Waals surface area (Å²) in [7, 11) is 0. The van der Waals surface area contributed by atoms with Crippen molar-refractivity contribution in [1.82, 2.24) is 0 Å². The van der Waals surface area contributed by atoms with Crippen molar-refractivity contribution in [3.63, 3.8) is 0 Å². The standard InChI is InChI=1S/C15H13N3O2/c1-11-3-2-4-13(7-11)10-17-14-8-12(9-16)5-6-15(14)18(19)20/h2-8,17H,10H2,1H3. The molecular formula is C15H13N3O2. The summed E-state index contributed by atoms with van der Waals surface area (Å²) in [5.74, 6) is 0. The van der Waals surface area contributed by atoms with Crippen molar-refractivity contribution in [2.75, 3.05) is 5.32 Å². The molecule has 0 heterocycles. The van der Waals surface area contributed by atoms with E-state index >= 15 is 0 Å². The highest BCUT2D eigenvalue weighted by Gasteiger charge is 2.13. The maximum absolute atomic E-state index is 11.0. The molecule has 2 rings (SSSR count). The third-order valence-corrected chi connectivity index (χ3v) is 2.89. The fraction of sp³-hybridized carbons (Fsp3) is 0.133. The van der Waals surface area contributed by atoms with Crippen molar-refractivity contribution >= 4 is 11.4 Å². The lowest BCUT2D eigenvalue weighted by molar-refractivity contribution is -0.384. The molecule has 20 heavy (non-hydrogen) atoms. The van der Waals surface area contributed by atoms with Crippen LogP contribution in [-0.2, 0) is 6.54 Å². The second-order valence-corrected chi connectivity index (χ2v) is 4.44. The summed E-state index contributed by atoms with van der Waals surface area (Å²) in [5.41, 5.74) is 2.88. The van der Waals surface area contributed by atoms with Gasteiger partial charge in [-0.1, -0.05) is 29.8 Å². The fourth-order valence-corrected chi connectivity index (χ4v) is 1.93. The largest absolute Gasteiger partial charge is 0.375 e. The van der Waals surface area contributed by atoms with Gasteiger partial charge < -0.3 is 5.32 Å². The van der Waals surface area contributed by atoms with Gasteiger partial charge in [0.2, 0.25) is 0 Å². The summed E-state index contributed by atoms with van der Waals surface area (Å²) in [5, 5.41) is 22.9. The summed E-state index contributed by atoms with van der Waals surface area (Å²) in [6.45, 7) is 2.46. The third-order valence-electron chi connectivity index (χ3n) is 2.89. The van der Waals surface area contributed by atoms with Gasteiger partial charge in [-0.3, -0.25) is 10.1 Å². The third kappa shape index (κ3) is 3.12. The molecule has 100 valence electrons. The number of hydrogen-bond donors (Lipinski definition) is 1. The van der Waals surface area contributed by atoms with Crippen molar-refractivity contribution in [2.45, 2.75) is 13.5 Å². The quantitative estimate of drug-likeness (QED) is 0.680. The number of benzene rings is 2. The summed E-state index contributed by atoms with van der Waals surface area (Å²) in [4.78, 5) is 10.5. The molecule has 0 aliphatic carbocycles. The van der Waals surface area contributed by atoms with Crippen molar-refractivity contribution < 1.29 is 4.92 Å². The summed E-state index contributed by atoms with van der Waals surface area (Å²) >= 11 is 0. The number of aryl methyl sites for hydroxylation is 1. The highest BCUT2D eigenvalue weighted by Crippen LogP contribution is 2.25. The molecule has 2 aromatic rings. The number of nitrogens with one attached hydrogen (secondary N) is 1. The molecule has 1 N–H and O–H groups in total. The first kappa shape index (κ1) is 13.6. The first-order valence-electron chi connectivity index (χ1n) is 6.08. The smallest absolute Gasteiger partial charge is 0.292 e. The van der Waals surface area contributed by atoms with E-state index in [1.54, 1.807) is 0 Å². The Morgan fingerprint density at radius 1 is 1.30 bits per heavy atom. The van der Waals surface area contributed by atoms with Gasteiger partial charge >= 0.3 is 0 Å². The first-order valence-corrected chi connectivity index (χ1v) is 6.08. The minimum absolute atomic E-state index is 0.0309. The van der Waals surface area contributed by atoms with Gasteiger partial charge in [0, 0.05) is 12.6 Å². The molecule has 2 aromatic carbocycles. The van der Waals surface area contributed by atoms with E-state index in [1.807, 2.05) is 37.3 Å². The zero-order chi connectivity index (χ0) is 14.5. The van der Waals surface area contributed by atoms with Crippen LogP contribution in [-0.4, -0.2) is 4.92 Å². The van der Waals surface area contributed by atoms with Crippen LogP contribution in [0.4, 0.5) is 11.4 Å². The number of hydrogen-bond acceptors (Lipinski definition) is 4. The van der Waals surface area contributed by atoms with Crippen LogP contribution >= 0.6 is 0 Å². The summed E-state index contributed by atoms with van der Waals surface area (Å²) in [6, 6.07) is 14.1. The molecular weight excluding hydrogens is 254 g/mol. The number of nitro benzene ring substituents is 1. The average molecular weight is 267 g/mol. The van der Waals surface area contributed by atoms with E-state index in [0.717, 1.165) is 11.1 Å². The topological polar surface area (TPSA) is 79.0 Å². The Balaban J connectivity index is 2.24. The lowest BCUT2D eigenvalue weighted by Crippen LogP contribution is -2.03. The highest BCUT2D eigenvalue weighted by molar-refractivity contribution is 5.64. The van der Waals surface area contributed by atoms with E-state index in [4.69, 9.17) is 5.26 Å². The van der Waals surface area contributed by atoms with Crippen LogP contribution in [0.3, 0.4) is 0 Å². The zero-order valence-corrected chi connectivity index (χ0v) is 11.0. The number of nitro groups is 1. The van der Waals surface area contributed by atoms with Gasteiger partial charge in [-0.25, -0.2) is 0 Å². The highest BCUT2D eigenvalue weighted by atomic mass is 16.6. The van der Waals surface area contributed by atoms with Gasteiger partial charge in [0.15, 0.2) is 0 Å². The number of nitriles is 1. The SMILES string of the molecule is Cc1cccc(CNc2cc(C#N)ccc2[N+](=O)[O-])c1. The van der Waals surface area contributed by atoms with Crippen molar-refractivity contribution in [3.05, 3.63) is 69.3 Å². The monoisotopic (exact) mass is 267 g/mol. The molecule has 0 radical (unpaired) electrons. The molecule has 0 bridgehead atoms. The maximum atomic E-state index is 11.0. The van der Waals surface area contributed by atoms with Gasteiger partial charge in [-0.05, 0) is 24.6 Å². The second-order valence-electron chi connectivity index (χ2n) is 4.44. The van der Waals surface area contributed by atoms with Gasteiger partial charge in [0.1, 0.15) is 5.69 Å². The molecule has 0 amide bonds. The lowest BCUT2D eigenvalue weighted by Gasteiger charge is -2.08. The summed E-state index contributed by atoms with van der Waals surface area (Å²) < 4.78 is 0. The predicted octanol–water partition coefficient (Wildman–Crippen LogP) is 3.39. The maximum Gasteiger partial charge on any atom is 0.292 e. The first-order chi connectivity index (χ1) is 9.60. The van der Waals surface area contributed by atoms with Gasteiger partial charge in [-0.15, -0.1) is 0 Å². The molecule has 0 fully saturated rings. The molecule has 0 aromatic heterocycles. The molecule has 5 heteroatoms. The molecule has 0 saturated heterocycles. The Bertz CT molecular complexity index is 690. The van der Waals surface area contributed by atoms with Crippen LogP contribution in [0.1, 0.15) is 16.7 Å². The van der Waals surface area contributed by atoms with E-state index < -0.39 is 4.92 Å². The molecule has 0 unspecified atom stereocenters. The van der Waals surface area contributed by atoms with Crippen molar-refractivity contribution in [1.29, 1.82) is 5.26 Å². The van der Waals surface area contributed by atoms with Crippen molar-refractivity contribution in [3.8, 4) is 6.07 Å². The van der Waals surface area contributed by atoms with Crippen LogP contribution in [0, 0.1) is 28.4 Å². The molecule has 0 aliphatic rings. The van der Waals surface area contributed by atoms with Crippen molar-refractivity contribution in [2.24, 2.45) is 0 Å². The normalized spacial score (nSPS) is 9.80. The Kier molecular flexibility index (Phi) is 3.96. The van der Waals surface area contributed by atoms with Crippen LogP contribution in [0.25, 0.3) is 0 Å². The molecule has 0 atom stereocenters.